The number of hydrogen-bond acceptors (Lipinski definition) is 2. The third-order valence-corrected chi connectivity index (χ3v) is 5.62. The monoisotopic (exact) mass is 287 g/mol. The number of hydrogen-bond donors (Lipinski definition) is 1. The molecule has 2 aliphatic carbocycles. The van der Waals surface area contributed by atoms with Crippen molar-refractivity contribution < 1.29 is 4.74 Å². The minimum Gasteiger partial charge on any atom is -0.378 e. The summed E-state index contributed by atoms with van der Waals surface area (Å²) >= 11 is 0. The quantitative estimate of drug-likeness (QED) is 0.883. The van der Waals surface area contributed by atoms with Crippen LogP contribution < -0.4 is 5.32 Å². The minimum absolute atomic E-state index is 0.237. The van der Waals surface area contributed by atoms with Gasteiger partial charge in [-0.05, 0) is 56.2 Å². The van der Waals surface area contributed by atoms with E-state index in [1.807, 2.05) is 0 Å². The van der Waals surface area contributed by atoms with E-state index in [2.05, 4.69) is 51.2 Å². The maximum absolute atomic E-state index is 5.83. The summed E-state index contributed by atoms with van der Waals surface area (Å²) in [4.78, 5) is 0. The van der Waals surface area contributed by atoms with E-state index in [9.17, 15) is 0 Å². The van der Waals surface area contributed by atoms with E-state index in [4.69, 9.17) is 4.74 Å². The predicted octanol–water partition coefficient (Wildman–Crippen LogP) is 4.03. The Bertz CT molecular complexity index is 508. The zero-order valence-corrected chi connectivity index (χ0v) is 13.9. The van der Waals surface area contributed by atoms with Gasteiger partial charge in [0, 0.05) is 24.1 Å². The van der Waals surface area contributed by atoms with Crippen molar-refractivity contribution in [2.75, 3.05) is 6.61 Å². The van der Waals surface area contributed by atoms with E-state index in [0.717, 1.165) is 13.0 Å². The Morgan fingerprint density at radius 2 is 2.05 bits per heavy atom. The average molecular weight is 287 g/mol. The fourth-order valence-electron chi connectivity index (χ4n) is 3.91. The van der Waals surface area contributed by atoms with E-state index >= 15 is 0 Å². The molecule has 3 rings (SSSR count). The second-order valence-electron chi connectivity index (χ2n) is 7.32. The number of fused-ring (bicyclic) bond motifs is 1. The van der Waals surface area contributed by atoms with Crippen LogP contribution in [0.1, 0.15) is 63.3 Å². The first-order chi connectivity index (χ1) is 10.0. The molecule has 0 amide bonds. The van der Waals surface area contributed by atoms with Crippen LogP contribution in [-0.2, 0) is 17.6 Å². The van der Waals surface area contributed by atoms with E-state index in [0.29, 0.717) is 18.2 Å². The molecule has 0 bridgehead atoms. The van der Waals surface area contributed by atoms with Crippen LogP contribution in [0.3, 0.4) is 0 Å². The summed E-state index contributed by atoms with van der Waals surface area (Å²) in [6, 6.07) is 8.05. The van der Waals surface area contributed by atoms with Gasteiger partial charge in [-0.2, -0.15) is 0 Å². The van der Waals surface area contributed by atoms with Gasteiger partial charge in [0.25, 0.3) is 0 Å². The van der Waals surface area contributed by atoms with E-state index in [-0.39, 0.29) is 5.41 Å². The van der Waals surface area contributed by atoms with Crippen molar-refractivity contribution in [3.8, 4) is 0 Å². The van der Waals surface area contributed by atoms with Gasteiger partial charge in [0.05, 0.1) is 6.10 Å². The third-order valence-electron chi connectivity index (χ3n) is 5.62. The average Bonchev–Trinajstić information content (AvgIpc) is 2.93. The summed E-state index contributed by atoms with van der Waals surface area (Å²) in [6.45, 7) is 9.85. The van der Waals surface area contributed by atoms with Gasteiger partial charge in [-0.3, -0.25) is 0 Å². The van der Waals surface area contributed by atoms with Gasteiger partial charge in [0.2, 0.25) is 0 Å². The Kier molecular flexibility index (Phi) is 4.11. The van der Waals surface area contributed by atoms with Crippen LogP contribution in [0, 0.1) is 5.41 Å². The Balaban J connectivity index is 1.63. The van der Waals surface area contributed by atoms with Crippen molar-refractivity contribution in [2.45, 2.75) is 71.6 Å². The third kappa shape index (κ3) is 2.76. The Labute approximate surface area is 129 Å². The van der Waals surface area contributed by atoms with Crippen molar-refractivity contribution >= 4 is 0 Å². The number of rotatable bonds is 5. The van der Waals surface area contributed by atoms with Crippen LogP contribution >= 0.6 is 0 Å². The van der Waals surface area contributed by atoms with Gasteiger partial charge in [0.1, 0.15) is 0 Å². The van der Waals surface area contributed by atoms with E-state index in [1.54, 1.807) is 11.1 Å². The second-order valence-corrected chi connectivity index (χ2v) is 7.32. The van der Waals surface area contributed by atoms with E-state index < -0.39 is 0 Å². The molecule has 2 aliphatic rings. The lowest BCUT2D eigenvalue weighted by atomic mass is 9.64. The lowest BCUT2D eigenvalue weighted by Gasteiger charge is -2.52. The van der Waals surface area contributed by atoms with Crippen LogP contribution in [0.5, 0.6) is 0 Å². The highest BCUT2D eigenvalue weighted by Crippen LogP contribution is 2.43. The molecule has 3 atom stereocenters. The summed E-state index contributed by atoms with van der Waals surface area (Å²) < 4.78 is 5.83. The standard InChI is InChI=1S/C19H29NO/c1-5-21-18-12-17(19(18,3)4)20-13(2)15-10-9-14-7-6-8-16(14)11-15/h9-11,13,17-18,20H,5-8,12H2,1-4H3. The van der Waals surface area contributed by atoms with Gasteiger partial charge in [-0.1, -0.05) is 32.0 Å². The van der Waals surface area contributed by atoms with Crippen molar-refractivity contribution in [2.24, 2.45) is 5.41 Å². The SMILES string of the molecule is CCOC1CC(NC(C)c2ccc3c(c2)CCC3)C1(C)C. The van der Waals surface area contributed by atoms with Gasteiger partial charge in [-0.25, -0.2) is 0 Å². The van der Waals surface area contributed by atoms with Crippen LogP contribution in [0.15, 0.2) is 18.2 Å². The first-order valence-corrected chi connectivity index (χ1v) is 8.51. The molecule has 116 valence electrons. The first kappa shape index (κ1) is 15.1. The predicted molar refractivity (Wildman–Crippen MR) is 87.6 cm³/mol. The highest BCUT2D eigenvalue weighted by Gasteiger charge is 2.49. The van der Waals surface area contributed by atoms with Crippen molar-refractivity contribution in [3.05, 3.63) is 34.9 Å². The molecule has 1 saturated carbocycles. The van der Waals surface area contributed by atoms with E-state index in [1.165, 1.54) is 24.8 Å². The van der Waals surface area contributed by atoms with Crippen molar-refractivity contribution in [3.63, 3.8) is 0 Å². The fraction of sp³-hybridized carbons (Fsp3) is 0.684. The Morgan fingerprint density at radius 1 is 1.29 bits per heavy atom. The molecule has 1 fully saturated rings. The molecule has 3 unspecified atom stereocenters. The van der Waals surface area contributed by atoms with Crippen LogP contribution in [0.2, 0.25) is 0 Å². The van der Waals surface area contributed by atoms with Gasteiger partial charge in [0.15, 0.2) is 0 Å². The number of benzene rings is 1. The zero-order valence-electron chi connectivity index (χ0n) is 13.9. The molecule has 21 heavy (non-hydrogen) atoms. The first-order valence-electron chi connectivity index (χ1n) is 8.51. The summed E-state index contributed by atoms with van der Waals surface area (Å²) in [5.41, 5.74) is 4.81. The lowest BCUT2D eigenvalue weighted by Crippen LogP contribution is -2.61. The molecule has 1 N–H and O–H groups in total. The summed E-state index contributed by atoms with van der Waals surface area (Å²) in [5, 5.41) is 3.82. The molecule has 2 heteroatoms. The summed E-state index contributed by atoms with van der Waals surface area (Å²) in [6.07, 6.45) is 5.40. The maximum atomic E-state index is 5.83. The molecule has 0 aromatic heterocycles. The molecule has 0 spiro atoms. The summed E-state index contributed by atoms with van der Waals surface area (Å²) in [5.74, 6) is 0. The molecular formula is C19H29NO. The van der Waals surface area contributed by atoms with Gasteiger partial charge >= 0.3 is 0 Å². The molecular weight excluding hydrogens is 258 g/mol. The topological polar surface area (TPSA) is 21.3 Å². The molecule has 2 nitrogen and oxygen atoms in total. The largest absolute Gasteiger partial charge is 0.378 e. The minimum atomic E-state index is 0.237. The number of nitrogens with one attached hydrogen (secondary N) is 1. The van der Waals surface area contributed by atoms with Gasteiger partial charge in [-0.15, -0.1) is 0 Å². The fourth-order valence-corrected chi connectivity index (χ4v) is 3.91. The molecule has 1 aromatic rings. The van der Waals surface area contributed by atoms with Gasteiger partial charge < -0.3 is 10.1 Å². The maximum Gasteiger partial charge on any atom is 0.0655 e. The molecule has 0 radical (unpaired) electrons. The Hall–Kier alpha value is -0.860. The number of aryl methyl sites for hydroxylation is 2. The second kappa shape index (κ2) is 5.73. The van der Waals surface area contributed by atoms with Crippen molar-refractivity contribution in [1.29, 1.82) is 0 Å². The molecule has 0 heterocycles. The van der Waals surface area contributed by atoms with Crippen molar-refractivity contribution in [1.82, 2.24) is 5.32 Å². The molecule has 0 aliphatic heterocycles. The zero-order chi connectivity index (χ0) is 15.0. The normalized spacial score (nSPS) is 28.0. The van der Waals surface area contributed by atoms with Crippen LogP contribution in [0.4, 0.5) is 0 Å². The summed E-state index contributed by atoms with van der Waals surface area (Å²) in [7, 11) is 0. The van der Waals surface area contributed by atoms with Crippen LogP contribution in [0.25, 0.3) is 0 Å². The lowest BCUT2D eigenvalue weighted by molar-refractivity contribution is -0.116. The highest BCUT2D eigenvalue weighted by atomic mass is 16.5. The smallest absolute Gasteiger partial charge is 0.0655 e. The number of ether oxygens (including phenoxy) is 1. The van der Waals surface area contributed by atoms with Crippen LogP contribution in [-0.4, -0.2) is 18.8 Å². The Morgan fingerprint density at radius 3 is 2.76 bits per heavy atom. The highest BCUT2D eigenvalue weighted by molar-refractivity contribution is 5.36. The molecule has 1 aromatic carbocycles. The molecule has 0 saturated heterocycles.